The number of likely N-dealkylation sites (N-methyl/N-ethyl adjacent to an activating group) is 1. The van der Waals surface area contributed by atoms with Crippen LogP contribution in [0.1, 0.15) is 23.0 Å². The Morgan fingerprint density at radius 2 is 2.41 bits per heavy atom. The second kappa shape index (κ2) is 5.38. The summed E-state index contributed by atoms with van der Waals surface area (Å²) in [5.74, 6) is 0.0376. The van der Waals surface area contributed by atoms with E-state index in [4.69, 9.17) is 4.74 Å². The summed E-state index contributed by atoms with van der Waals surface area (Å²) in [6, 6.07) is 3.67. The summed E-state index contributed by atoms with van der Waals surface area (Å²) in [6.07, 6.45) is 1.29. The quantitative estimate of drug-likeness (QED) is 0.739. The first-order valence-electron chi connectivity index (χ1n) is 6.01. The van der Waals surface area contributed by atoms with Gasteiger partial charge in [0.2, 0.25) is 0 Å². The van der Waals surface area contributed by atoms with Gasteiger partial charge in [-0.05, 0) is 25.6 Å². The Hall–Kier alpha value is -1.26. The highest BCUT2D eigenvalue weighted by Crippen LogP contribution is 2.11. The van der Waals surface area contributed by atoms with Gasteiger partial charge in [-0.1, -0.05) is 6.92 Å². The molecule has 1 saturated heterocycles. The third kappa shape index (κ3) is 2.90. The third-order valence-corrected chi connectivity index (χ3v) is 3.09. The molecule has 2 heterocycles. The molecule has 17 heavy (non-hydrogen) atoms. The molecular formula is C13H18N2O2. The fourth-order valence-electron chi connectivity index (χ4n) is 1.95. The van der Waals surface area contributed by atoms with E-state index in [-0.39, 0.29) is 11.9 Å². The number of ketones is 1. The minimum absolute atomic E-state index is 0.0376. The van der Waals surface area contributed by atoms with E-state index in [1.807, 2.05) is 19.1 Å². The fraction of sp³-hybridized carbons (Fsp3) is 0.538. The van der Waals surface area contributed by atoms with Crippen LogP contribution in [-0.2, 0) is 4.74 Å². The minimum Gasteiger partial charge on any atom is -0.367 e. The summed E-state index contributed by atoms with van der Waals surface area (Å²) in [4.78, 5) is 18.6. The Morgan fingerprint density at radius 3 is 3.06 bits per heavy atom. The molecule has 1 aromatic rings. The number of hydrogen-bond donors (Lipinski definition) is 0. The summed E-state index contributed by atoms with van der Waals surface area (Å²) >= 11 is 0. The van der Waals surface area contributed by atoms with Crippen LogP contribution >= 0.6 is 0 Å². The van der Waals surface area contributed by atoms with Crippen molar-refractivity contribution in [3.05, 3.63) is 29.6 Å². The number of aromatic nitrogens is 1. The lowest BCUT2D eigenvalue weighted by Crippen LogP contribution is -2.45. The number of carbonyl (C=O) groups excluding carboxylic acids is 1. The summed E-state index contributed by atoms with van der Waals surface area (Å²) in [7, 11) is 0. The number of carbonyl (C=O) groups is 1. The second-order valence-electron chi connectivity index (χ2n) is 4.31. The maximum absolute atomic E-state index is 12.2. The highest BCUT2D eigenvalue weighted by molar-refractivity contribution is 5.99. The molecule has 0 aliphatic carbocycles. The maximum Gasteiger partial charge on any atom is 0.194 e. The Labute approximate surface area is 102 Å². The van der Waals surface area contributed by atoms with Crippen molar-refractivity contribution in [2.24, 2.45) is 0 Å². The monoisotopic (exact) mass is 234 g/mol. The van der Waals surface area contributed by atoms with Crippen LogP contribution < -0.4 is 0 Å². The lowest BCUT2D eigenvalue weighted by Gasteiger charge is -2.31. The number of morpholine rings is 1. The van der Waals surface area contributed by atoms with Gasteiger partial charge in [0.25, 0.3) is 0 Å². The predicted molar refractivity (Wildman–Crippen MR) is 65.2 cm³/mol. The number of pyridine rings is 1. The van der Waals surface area contributed by atoms with Crippen LogP contribution in [-0.4, -0.2) is 48.0 Å². The molecule has 0 N–H and O–H groups in total. The average Bonchev–Trinajstić information content (AvgIpc) is 2.39. The van der Waals surface area contributed by atoms with E-state index in [1.54, 1.807) is 6.20 Å². The van der Waals surface area contributed by atoms with Crippen LogP contribution in [0.3, 0.4) is 0 Å². The van der Waals surface area contributed by atoms with Crippen molar-refractivity contribution < 1.29 is 9.53 Å². The van der Waals surface area contributed by atoms with Gasteiger partial charge >= 0.3 is 0 Å². The Kier molecular flexibility index (Phi) is 3.86. The van der Waals surface area contributed by atoms with Crippen molar-refractivity contribution in [1.29, 1.82) is 0 Å². The van der Waals surface area contributed by atoms with Crippen molar-refractivity contribution in [3.8, 4) is 0 Å². The first kappa shape index (κ1) is 12.2. The summed E-state index contributed by atoms with van der Waals surface area (Å²) in [5, 5.41) is 0. The van der Waals surface area contributed by atoms with E-state index in [2.05, 4.69) is 16.8 Å². The third-order valence-electron chi connectivity index (χ3n) is 3.09. The van der Waals surface area contributed by atoms with E-state index in [0.717, 1.165) is 18.8 Å². The number of ether oxygens (including phenoxy) is 1. The Balaban J connectivity index is 2.06. The summed E-state index contributed by atoms with van der Waals surface area (Å²) in [6.45, 7) is 7.18. The molecule has 0 radical (unpaired) electrons. The molecule has 0 amide bonds. The van der Waals surface area contributed by atoms with Gasteiger partial charge in [0.1, 0.15) is 6.10 Å². The topological polar surface area (TPSA) is 42.4 Å². The maximum atomic E-state index is 12.2. The van der Waals surface area contributed by atoms with E-state index in [1.165, 1.54) is 0 Å². The molecule has 1 aromatic heterocycles. The predicted octanol–water partition coefficient (Wildman–Crippen LogP) is 1.29. The van der Waals surface area contributed by atoms with Crippen LogP contribution in [0.2, 0.25) is 0 Å². The molecule has 2 rings (SSSR count). The zero-order chi connectivity index (χ0) is 12.3. The average molecular weight is 234 g/mol. The van der Waals surface area contributed by atoms with Gasteiger partial charge < -0.3 is 4.74 Å². The molecule has 0 saturated carbocycles. The SMILES string of the molecule is CCN1CCOC(C(=O)c2ccc(C)nc2)C1. The molecule has 0 bridgehead atoms. The highest BCUT2D eigenvalue weighted by Gasteiger charge is 2.26. The van der Waals surface area contributed by atoms with Crippen LogP contribution in [0.25, 0.3) is 0 Å². The molecule has 4 heteroatoms. The molecule has 1 unspecified atom stereocenters. The molecular weight excluding hydrogens is 216 g/mol. The van der Waals surface area contributed by atoms with Crippen molar-refractivity contribution in [2.45, 2.75) is 20.0 Å². The molecule has 1 atom stereocenters. The van der Waals surface area contributed by atoms with Crippen molar-refractivity contribution in [2.75, 3.05) is 26.2 Å². The molecule has 0 aromatic carbocycles. The van der Waals surface area contributed by atoms with Crippen LogP contribution in [0.15, 0.2) is 18.3 Å². The van der Waals surface area contributed by atoms with Crippen LogP contribution in [0.4, 0.5) is 0 Å². The number of Topliss-reactive ketones (excluding diaryl/α,β-unsaturated/α-hetero) is 1. The highest BCUT2D eigenvalue weighted by atomic mass is 16.5. The van der Waals surface area contributed by atoms with E-state index in [0.29, 0.717) is 18.7 Å². The smallest absolute Gasteiger partial charge is 0.194 e. The fourth-order valence-corrected chi connectivity index (χ4v) is 1.95. The lowest BCUT2D eigenvalue weighted by atomic mass is 10.1. The molecule has 1 aliphatic heterocycles. The number of nitrogens with zero attached hydrogens (tertiary/aromatic N) is 2. The molecule has 1 fully saturated rings. The molecule has 1 aliphatic rings. The standard InChI is InChI=1S/C13H18N2O2/c1-3-15-6-7-17-12(9-15)13(16)11-5-4-10(2)14-8-11/h4-5,8,12H,3,6-7,9H2,1-2H3. The van der Waals surface area contributed by atoms with Gasteiger partial charge in [-0.3, -0.25) is 14.7 Å². The second-order valence-corrected chi connectivity index (χ2v) is 4.31. The lowest BCUT2D eigenvalue weighted by molar-refractivity contribution is -0.0148. The normalized spacial score (nSPS) is 21.4. The van der Waals surface area contributed by atoms with Gasteiger partial charge in [-0.2, -0.15) is 0 Å². The van der Waals surface area contributed by atoms with Gasteiger partial charge in [-0.25, -0.2) is 0 Å². The first-order valence-corrected chi connectivity index (χ1v) is 6.01. The zero-order valence-electron chi connectivity index (χ0n) is 10.3. The van der Waals surface area contributed by atoms with E-state index in [9.17, 15) is 4.79 Å². The largest absolute Gasteiger partial charge is 0.367 e. The number of hydrogen-bond acceptors (Lipinski definition) is 4. The van der Waals surface area contributed by atoms with Gasteiger partial charge in [0.05, 0.1) is 6.61 Å². The summed E-state index contributed by atoms with van der Waals surface area (Å²) < 4.78 is 5.54. The van der Waals surface area contributed by atoms with Crippen molar-refractivity contribution in [3.63, 3.8) is 0 Å². The van der Waals surface area contributed by atoms with Gasteiger partial charge in [0.15, 0.2) is 5.78 Å². The number of rotatable bonds is 3. The van der Waals surface area contributed by atoms with Crippen LogP contribution in [0, 0.1) is 6.92 Å². The van der Waals surface area contributed by atoms with Gasteiger partial charge in [-0.15, -0.1) is 0 Å². The zero-order valence-corrected chi connectivity index (χ0v) is 10.3. The van der Waals surface area contributed by atoms with Crippen LogP contribution in [0.5, 0.6) is 0 Å². The van der Waals surface area contributed by atoms with Gasteiger partial charge in [0, 0.05) is 30.5 Å². The Bertz CT molecular complexity index is 389. The molecule has 0 spiro atoms. The molecule has 4 nitrogen and oxygen atoms in total. The minimum atomic E-state index is -0.340. The van der Waals surface area contributed by atoms with Crippen molar-refractivity contribution in [1.82, 2.24) is 9.88 Å². The number of aryl methyl sites for hydroxylation is 1. The molecule has 92 valence electrons. The van der Waals surface area contributed by atoms with E-state index >= 15 is 0 Å². The van der Waals surface area contributed by atoms with Crippen molar-refractivity contribution >= 4 is 5.78 Å². The first-order chi connectivity index (χ1) is 8.20. The summed E-state index contributed by atoms with van der Waals surface area (Å²) in [5.41, 5.74) is 1.56. The Morgan fingerprint density at radius 1 is 1.59 bits per heavy atom. The van der Waals surface area contributed by atoms with E-state index < -0.39 is 0 Å².